The molecule has 0 fully saturated rings. The Kier molecular flexibility index (Phi) is 4.45. The van der Waals surface area contributed by atoms with E-state index in [0.717, 1.165) is 17.7 Å². The molecule has 0 bridgehead atoms. The second kappa shape index (κ2) is 6.28. The van der Waals surface area contributed by atoms with Gasteiger partial charge in [-0.15, -0.1) is 0 Å². The Hall–Kier alpha value is -2.23. The lowest BCUT2D eigenvalue weighted by Crippen LogP contribution is -2.05. The SMILES string of the molecule is FC(F)(F)c1ccc(NC/C=C/c2ccccc2)cc1. The van der Waals surface area contributed by atoms with Crippen molar-refractivity contribution >= 4 is 11.8 Å². The number of alkyl halides is 3. The van der Waals surface area contributed by atoms with Crippen molar-refractivity contribution in [2.75, 3.05) is 11.9 Å². The van der Waals surface area contributed by atoms with Gasteiger partial charge in [0, 0.05) is 12.2 Å². The molecule has 1 N–H and O–H groups in total. The summed E-state index contributed by atoms with van der Waals surface area (Å²) in [6.07, 6.45) is -0.407. The first-order valence-electron chi connectivity index (χ1n) is 6.18. The number of halogens is 3. The summed E-state index contributed by atoms with van der Waals surface area (Å²) in [4.78, 5) is 0. The summed E-state index contributed by atoms with van der Waals surface area (Å²) in [5.41, 5.74) is 1.11. The van der Waals surface area contributed by atoms with Crippen molar-refractivity contribution in [1.82, 2.24) is 0 Å². The van der Waals surface area contributed by atoms with Gasteiger partial charge in [0.1, 0.15) is 0 Å². The van der Waals surface area contributed by atoms with Gasteiger partial charge in [0.15, 0.2) is 0 Å². The molecule has 2 aromatic rings. The molecule has 0 aromatic heterocycles. The zero-order valence-corrected chi connectivity index (χ0v) is 10.7. The number of nitrogens with one attached hydrogen (secondary N) is 1. The van der Waals surface area contributed by atoms with Gasteiger partial charge in [-0.1, -0.05) is 42.5 Å². The molecule has 4 heteroatoms. The van der Waals surface area contributed by atoms with Crippen LogP contribution in [0.15, 0.2) is 60.7 Å². The molecule has 0 radical (unpaired) electrons. The highest BCUT2D eigenvalue weighted by molar-refractivity contribution is 5.51. The molecule has 0 saturated heterocycles. The molecular formula is C16H14F3N. The van der Waals surface area contributed by atoms with Crippen LogP contribution in [0.25, 0.3) is 6.08 Å². The predicted octanol–water partition coefficient (Wildman–Crippen LogP) is 4.83. The van der Waals surface area contributed by atoms with Crippen molar-refractivity contribution in [2.45, 2.75) is 6.18 Å². The molecule has 0 aliphatic heterocycles. The first kappa shape index (κ1) is 14.2. The average Bonchev–Trinajstić information content (AvgIpc) is 2.44. The van der Waals surface area contributed by atoms with Gasteiger partial charge in [-0.2, -0.15) is 13.2 Å². The monoisotopic (exact) mass is 277 g/mol. The van der Waals surface area contributed by atoms with Gasteiger partial charge in [-0.05, 0) is 29.8 Å². The number of anilines is 1. The van der Waals surface area contributed by atoms with E-state index >= 15 is 0 Å². The van der Waals surface area contributed by atoms with Crippen molar-refractivity contribution in [1.29, 1.82) is 0 Å². The molecule has 2 aromatic carbocycles. The van der Waals surface area contributed by atoms with Gasteiger partial charge < -0.3 is 5.32 Å². The fourth-order valence-corrected chi connectivity index (χ4v) is 1.71. The van der Waals surface area contributed by atoms with Crippen LogP contribution in [-0.4, -0.2) is 6.54 Å². The number of hydrogen-bond donors (Lipinski definition) is 1. The van der Waals surface area contributed by atoms with Crippen LogP contribution in [0.3, 0.4) is 0 Å². The molecule has 0 saturated carbocycles. The second-order valence-corrected chi connectivity index (χ2v) is 4.27. The highest BCUT2D eigenvalue weighted by Gasteiger charge is 2.29. The quantitative estimate of drug-likeness (QED) is 0.844. The predicted molar refractivity (Wildman–Crippen MR) is 75.4 cm³/mol. The molecule has 0 aliphatic rings. The van der Waals surface area contributed by atoms with Crippen LogP contribution in [0.4, 0.5) is 18.9 Å². The summed E-state index contributed by atoms with van der Waals surface area (Å²) in [5.74, 6) is 0. The fourth-order valence-electron chi connectivity index (χ4n) is 1.71. The normalized spacial score (nSPS) is 11.8. The molecule has 0 aliphatic carbocycles. The summed E-state index contributed by atoms with van der Waals surface area (Å²) in [5, 5.41) is 3.04. The molecule has 1 nitrogen and oxygen atoms in total. The van der Waals surface area contributed by atoms with Gasteiger partial charge in [-0.25, -0.2) is 0 Å². The lowest BCUT2D eigenvalue weighted by Gasteiger charge is -2.08. The maximum absolute atomic E-state index is 12.4. The average molecular weight is 277 g/mol. The van der Waals surface area contributed by atoms with Crippen LogP contribution in [0.2, 0.25) is 0 Å². The van der Waals surface area contributed by atoms with Gasteiger partial charge in [0.25, 0.3) is 0 Å². The molecule has 2 rings (SSSR count). The van der Waals surface area contributed by atoms with E-state index in [9.17, 15) is 13.2 Å². The molecule has 0 amide bonds. The van der Waals surface area contributed by atoms with E-state index < -0.39 is 11.7 Å². The minimum Gasteiger partial charge on any atom is -0.382 e. The van der Waals surface area contributed by atoms with Crippen molar-refractivity contribution in [3.05, 3.63) is 71.8 Å². The Balaban J connectivity index is 1.87. The zero-order valence-electron chi connectivity index (χ0n) is 10.7. The van der Waals surface area contributed by atoms with E-state index in [1.54, 1.807) is 0 Å². The summed E-state index contributed by atoms with van der Waals surface area (Å²) in [6, 6.07) is 14.8. The summed E-state index contributed by atoms with van der Waals surface area (Å²) < 4.78 is 37.1. The standard InChI is InChI=1S/C16H14F3N/c17-16(18,19)14-8-10-15(11-9-14)20-12-4-7-13-5-2-1-3-6-13/h1-11,20H,12H2/b7-4+. The summed E-state index contributed by atoms with van der Waals surface area (Å²) in [7, 11) is 0. The second-order valence-electron chi connectivity index (χ2n) is 4.27. The minimum absolute atomic E-state index is 0.556. The van der Waals surface area contributed by atoms with Crippen LogP contribution < -0.4 is 5.32 Å². The first-order chi connectivity index (χ1) is 9.55. The van der Waals surface area contributed by atoms with E-state index in [0.29, 0.717) is 12.2 Å². The Morgan fingerprint density at radius 2 is 1.55 bits per heavy atom. The third kappa shape index (κ3) is 4.16. The van der Waals surface area contributed by atoms with Crippen LogP contribution >= 0.6 is 0 Å². The Labute approximate surface area is 115 Å². The lowest BCUT2D eigenvalue weighted by atomic mass is 10.2. The van der Waals surface area contributed by atoms with Crippen molar-refractivity contribution in [3.63, 3.8) is 0 Å². The van der Waals surface area contributed by atoms with Crippen molar-refractivity contribution in [3.8, 4) is 0 Å². The molecule has 0 spiro atoms. The van der Waals surface area contributed by atoms with E-state index in [-0.39, 0.29) is 0 Å². The number of hydrogen-bond acceptors (Lipinski definition) is 1. The molecule has 0 atom stereocenters. The van der Waals surface area contributed by atoms with Crippen molar-refractivity contribution in [2.24, 2.45) is 0 Å². The highest BCUT2D eigenvalue weighted by Crippen LogP contribution is 2.29. The molecule has 104 valence electrons. The topological polar surface area (TPSA) is 12.0 Å². The van der Waals surface area contributed by atoms with E-state index in [4.69, 9.17) is 0 Å². The maximum Gasteiger partial charge on any atom is 0.416 e. The minimum atomic E-state index is -4.29. The Bertz CT molecular complexity index is 557. The third-order valence-corrected chi connectivity index (χ3v) is 2.75. The molecule has 0 heterocycles. The summed E-state index contributed by atoms with van der Waals surface area (Å²) in [6.45, 7) is 0.556. The van der Waals surface area contributed by atoms with Gasteiger partial charge >= 0.3 is 6.18 Å². The van der Waals surface area contributed by atoms with Gasteiger partial charge in [0.2, 0.25) is 0 Å². The van der Waals surface area contributed by atoms with E-state index in [1.165, 1.54) is 12.1 Å². The zero-order chi connectivity index (χ0) is 14.4. The van der Waals surface area contributed by atoms with E-state index in [1.807, 2.05) is 42.5 Å². The smallest absolute Gasteiger partial charge is 0.382 e. The third-order valence-electron chi connectivity index (χ3n) is 2.75. The summed E-state index contributed by atoms with van der Waals surface area (Å²) >= 11 is 0. The maximum atomic E-state index is 12.4. The Morgan fingerprint density at radius 3 is 2.15 bits per heavy atom. The number of benzene rings is 2. The van der Waals surface area contributed by atoms with Crippen LogP contribution in [-0.2, 0) is 6.18 Å². The first-order valence-corrected chi connectivity index (χ1v) is 6.18. The highest BCUT2D eigenvalue weighted by atomic mass is 19.4. The Morgan fingerprint density at radius 1 is 0.900 bits per heavy atom. The largest absolute Gasteiger partial charge is 0.416 e. The number of rotatable bonds is 4. The van der Waals surface area contributed by atoms with Crippen LogP contribution in [0.5, 0.6) is 0 Å². The van der Waals surface area contributed by atoms with Crippen LogP contribution in [0, 0.1) is 0 Å². The van der Waals surface area contributed by atoms with E-state index in [2.05, 4.69) is 5.32 Å². The van der Waals surface area contributed by atoms with Gasteiger partial charge in [-0.3, -0.25) is 0 Å². The van der Waals surface area contributed by atoms with Crippen molar-refractivity contribution < 1.29 is 13.2 Å². The molecular weight excluding hydrogens is 263 g/mol. The van der Waals surface area contributed by atoms with Crippen LogP contribution in [0.1, 0.15) is 11.1 Å². The van der Waals surface area contributed by atoms with Gasteiger partial charge in [0.05, 0.1) is 5.56 Å². The molecule has 20 heavy (non-hydrogen) atoms. The lowest BCUT2D eigenvalue weighted by molar-refractivity contribution is -0.137. The fraction of sp³-hybridized carbons (Fsp3) is 0.125. The molecule has 0 unspecified atom stereocenters.